The van der Waals surface area contributed by atoms with Gasteiger partial charge in [-0.2, -0.15) is 5.10 Å². The van der Waals surface area contributed by atoms with Crippen LogP contribution >= 0.6 is 0 Å². The summed E-state index contributed by atoms with van der Waals surface area (Å²) in [5, 5.41) is 6.47. The van der Waals surface area contributed by atoms with Gasteiger partial charge in [0, 0.05) is 18.9 Å². The maximum absolute atomic E-state index is 11.3. The summed E-state index contributed by atoms with van der Waals surface area (Å²) in [4.78, 5) is 22.0. The Bertz CT molecular complexity index is 321. The topological polar surface area (TPSA) is 73.2 Å². The lowest BCUT2D eigenvalue weighted by atomic mass is 10.4. The quantitative estimate of drug-likeness (QED) is 0.670. The van der Waals surface area contributed by atoms with Crippen molar-refractivity contribution in [2.24, 2.45) is 0 Å². The molecule has 0 fully saturated rings. The Balaban J connectivity index is 2.17. The van der Waals surface area contributed by atoms with Crippen molar-refractivity contribution < 1.29 is 14.3 Å². The maximum atomic E-state index is 11.3. The zero-order valence-electron chi connectivity index (χ0n) is 8.47. The maximum Gasteiger partial charge on any atom is 0.307 e. The molecule has 15 heavy (non-hydrogen) atoms. The van der Waals surface area contributed by atoms with Gasteiger partial charge in [0.05, 0.1) is 13.5 Å². The average Bonchev–Trinajstić information content (AvgIpc) is 2.70. The largest absolute Gasteiger partial charge is 0.469 e. The molecule has 1 aromatic rings. The summed E-state index contributed by atoms with van der Waals surface area (Å²) < 4.78 is 5.94. The van der Waals surface area contributed by atoms with Gasteiger partial charge in [0.1, 0.15) is 6.54 Å². The number of aromatic nitrogens is 2. The van der Waals surface area contributed by atoms with Crippen molar-refractivity contribution >= 4 is 11.9 Å². The first-order valence-corrected chi connectivity index (χ1v) is 4.53. The van der Waals surface area contributed by atoms with Crippen molar-refractivity contribution in [3.05, 3.63) is 18.5 Å². The van der Waals surface area contributed by atoms with Crippen molar-refractivity contribution in [2.45, 2.75) is 13.0 Å². The summed E-state index contributed by atoms with van der Waals surface area (Å²) in [5.41, 5.74) is 0. The predicted molar refractivity (Wildman–Crippen MR) is 51.9 cm³/mol. The van der Waals surface area contributed by atoms with Crippen LogP contribution in [0.3, 0.4) is 0 Å². The Morgan fingerprint density at radius 3 is 2.93 bits per heavy atom. The SMILES string of the molecule is COC(=O)CCNC(=O)Cn1cccn1. The number of methoxy groups -OCH3 is 1. The highest BCUT2D eigenvalue weighted by Crippen LogP contribution is 1.85. The van der Waals surface area contributed by atoms with E-state index >= 15 is 0 Å². The van der Waals surface area contributed by atoms with Crippen LogP contribution in [0.4, 0.5) is 0 Å². The highest BCUT2D eigenvalue weighted by molar-refractivity contribution is 5.76. The minimum absolute atomic E-state index is 0.161. The number of carbonyl (C=O) groups is 2. The number of nitrogens with one attached hydrogen (secondary N) is 1. The molecule has 6 heteroatoms. The van der Waals surface area contributed by atoms with E-state index in [-0.39, 0.29) is 31.4 Å². The molecule has 1 aromatic heterocycles. The molecule has 0 aliphatic carbocycles. The van der Waals surface area contributed by atoms with Crippen molar-refractivity contribution in [3.8, 4) is 0 Å². The second-order valence-electron chi connectivity index (χ2n) is 2.88. The third-order valence-corrected chi connectivity index (χ3v) is 1.74. The summed E-state index contributed by atoms with van der Waals surface area (Å²) in [6.45, 7) is 0.445. The van der Waals surface area contributed by atoms with Gasteiger partial charge in [0.15, 0.2) is 0 Å². The van der Waals surface area contributed by atoms with Gasteiger partial charge in [0.2, 0.25) is 5.91 Å². The molecular weight excluding hydrogens is 198 g/mol. The van der Waals surface area contributed by atoms with Crippen molar-refractivity contribution in [2.75, 3.05) is 13.7 Å². The lowest BCUT2D eigenvalue weighted by molar-refractivity contribution is -0.140. The molecule has 82 valence electrons. The minimum atomic E-state index is -0.339. The van der Waals surface area contributed by atoms with Crippen LogP contribution in [0, 0.1) is 0 Å². The minimum Gasteiger partial charge on any atom is -0.469 e. The zero-order chi connectivity index (χ0) is 11.1. The van der Waals surface area contributed by atoms with E-state index < -0.39 is 0 Å². The van der Waals surface area contributed by atoms with E-state index in [1.807, 2.05) is 0 Å². The van der Waals surface area contributed by atoms with Crippen LogP contribution in [-0.4, -0.2) is 35.3 Å². The van der Waals surface area contributed by atoms with E-state index in [0.29, 0.717) is 0 Å². The molecule has 0 radical (unpaired) electrons. The number of ether oxygens (including phenoxy) is 1. The van der Waals surface area contributed by atoms with Gasteiger partial charge in [-0.3, -0.25) is 14.3 Å². The third-order valence-electron chi connectivity index (χ3n) is 1.74. The highest BCUT2D eigenvalue weighted by atomic mass is 16.5. The zero-order valence-corrected chi connectivity index (χ0v) is 8.47. The van der Waals surface area contributed by atoms with Crippen LogP contribution < -0.4 is 5.32 Å². The van der Waals surface area contributed by atoms with Gasteiger partial charge in [-0.05, 0) is 6.07 Å². The van der Waals surface area contributed by atoms with E-state index in [2.05, 4.69) is 15.2 Å². The van der Waals surface area contributed by atoms with Gasteiger partial charge < -0.3 is 10.1 Å². The molecule has 0 saturated carbocycles. The second-order valence-corrected chi connectivity index (χ2v) is 2.88. The smallest absolute Gasteiger partial charge is 0.307 e. The third kappa shape index (κ3) is 4.26. The molecule has 1 rings (SSSR count). The fraction of sp³-hybridized carbons (Fsp3) is 0.444. The van der Waals surface area contributed by atoms with Crippen molar-refractivity contribution in [1.29, 1.82) is 0 Å². The standard InChI is InChI=1S/C9H13N3O3/c1-15-9(14)3-5-10-8(13)7-12-6-2-4-11-12/h2,4,6H,3,5,7H2,1H3,(H,10,13). The molecule has 0 aliphatic rings. The molecule has 0 aromatic carbocycles. The molecular formula is C9H13N3O3. The molecule has 1 N–H and O–H groups in total. The van der Waals surface area contributed by atoms with Crippen molar-refractivity contribution in [1.82, 2.24) is 15.1 Å². The fourth-order valence-corrected chi connectivity index (χ4v) is 1.00. The molecule has 0 aliphatic heterocycles. The number of rotatable bonds is 5. The summed E-state index contributed by atoms with van der Waals surface area (Å²) in [6.07, 6.45) is 3.48. The molecule has 0 saturated heterocycles. The average molecular weight is 211 g/mol. The molecule has 0 spiro atoms. The number of hydrogen-bond acceptors (Lipinski definition) is 4. The summed E-state index contributed by atoms with van der Waals surface area (Å²) >= 11 is 0. The van der Waals surface area contributed by atoms with Crippen LogP contribution in [-0.2, 0) is 20.9 Å². The normalized spacial score (nSPS) is 9.67. The van der Waals surface area contributed by atoms with E-state index in [0.717, 1.165) is 0 Å². The van der Waals surface area contributed by atoms with E-state index in [1.54, 1.807) is 18.5 Å². The first-order valence-electron chi connectivity index (χ1n) is 4.53. The Hall–Kier alpha value is -1.85. The van der Waals surface area contributed by atoms with Gasteiger partial charge in [0.25, 0.3) is 0 Å². The highest BCUT2D eigenvalue weighted by Gasteiger charge is 2.04. The Morgan fingerprint density at radius 1 is 1.53 bits per heavy atom. The number of amides is 1. The molecule has 0 bridgehead atoms. The lowest BCUT2D eigenvalue weighted by Gasteiger charge is -2.04. The van der Waals surface area contributed by atoms with Gasteiger partial charge in [-0.15, -0.1) is 0 Å². The number of nitrogens with zero attached hydrogens (tertiary/aromatic N) is 2. The lowest BCUT2D eigenvalue weighted by Crippen LogP contribution is -2.29. The molecule has 0 unspecified atom stereocenters. The van der Waals surface area contributed by atoms with E-state index in [9.17, 15) is 9.59 Å². The van der Waals surface area contributed by atoms with Crippen molar-refractivity contribution in [3.63, 3.8) is 0 Å². The van der Waals surface area contributed by atoms with Gasteiger partial charge >= 0.3 is 5.97 Å². The van der Waals surface area contributed by atoms with E-state index in [4.69, 9.17) is 0 Å². The molecule has 1 heterocycles. The van der Waals surface area contributed by atoms with Crippen LogP contribution in [0.1, 0.15) is 6.42 Å². The molecule has 1 amide bonds. The molecule has 0 atom stereocenters. The van der Waals surface area contributed by atoms with Crippen LogP contribution in [0.2, 0.25) is 0 Å². The molecule has 6 nitrogen and oxygen atoms in total. The summed E-state index contributed by atoms with van der Waals surface area (Å²) in [7, 11) is 1.31. The number of hydrogen-bond donors (Lipinski definition) is 1. The van der Waals surface area contributed by atoms with Crippen LogP contribution in [0.15, 0.2) is 18.5 Å². The van der Waals surface area contributed by atoms with Gasteiger partial charge in [-0.25, -0.2) is 0 Å². The fourth-order valence-electron chi connectivity index (χ4n) is 1.00. The number of carbonyl (C=O) groups excluding carboxylic acids is 2. The number of esters is 1. The Morgan fingerprint density at radius 2 is 2.33 bits per heavy atom. The Labute approximate surface area is 87.2 Å². The summed E-state index contributed by atoms with van der Waals surface area (Å²) in [5.74, 6) is -0.517. The van der Waals surface area contributed by atoms with E-state index in [1.165, 1.54) is 11.8 Å². The van der Waals surface area contributed by atoms with Crippen LogP contribution in [0.5, 0.6) is 0 Å². The first kappa shape index (κ1) is 11.2. The summed E-state index contributed by atoms with van der Waals surface area (Å²) in [6, 6.07) is 1.74. The second kappa shape index (κ2) is 5.79. The first-order chi connectivity index (χ1) is 7.22. The Kier molecular flexibility index (Phi) is 4.33. The van der Waals surface area contributed by atoms with Crippen LogP contribution in [0.25, 0.3) is 0 Å². The monoisotopic (exact) mass is 211 g/mol. The predicted octanol–water partition coefficient (Wildman–Crippen LogP) is -0.438. The van der Waals surface area contributed by atoms with Gasteiger partial charge in [-0.1, -0.05) is 0 Å².